The van der Waals surface area contributed by atoms with E-state index in [1.54, 1.807) is 13.2 Å². The van der Waals surface area contributed by atoms with Gasteiger partial charge in [-0.1, -0.05) is 35.9 Å². The number of anilines is 1. The van der Waals surface area contributed by atoms with Gasteiger partial charge in [0.1, 0.15) is 5.75 Å². The summed E-state index contributed by atoms with van der Waals surface area (Å²) in [4.78, 5) is 0. The molecular formula is C15H16ClN3OS. The van der Waals surface area contributed by atoms with E-state index in [1.807, 2.05) is 42.5 Å². The van der Waals surface area contributed by atoms with Gasteiger partial charge in [-0.15, -0.1) is 0 Å². The zero-order valence-electron chi connectivity index (χ0n) is 11.5. The minimum atomic E-state index is 0.491. The first-order valence-electron chi connectivity index (χ1n) is 6.36. The summed E-state index contributed by atoms with van der Waals surface area (Å²) >= 11 is 11.2. The number of para-hydroxylation sites is 1. The number of hydrogen-bond acceptors (Lipinski definition) is 3. The maximum Gasteiger partial charge on any atom is 0.185 e. The second-order valence-electron chi connectivity index (χ2n) is 4.26. The third-order valence-corrected chi connectivity index (χ3v) is 3.37. The Morgan fingerprint density at radius 2 is 1.86 bits per heavy atom. The number of halogens is 1. The fourth-order valence-corrected chi connectivity index (χ4v) is 1.96. The number of hydrogen-bond donors (Lipinski definition) is 3. The molecule has 3 N–H and O–H groups in total. The molecule has 0 bridgehead atoms. The van der Waals surface area contributed by atoms with Crippen LogP contribution in [0.4, 0.5) is 5.69 Å². The molecule has 0 aliphatic rings. The summed E-state index contributed by atoms with van der Waals surface area (Å²) in [5, 5.41) is 4.22. The first-order valence-corrected chi connectivity index (χ1v) is 7.15. The molecule has 0 spiro atoms. The molecule has 2 aromatic rings. The van der Waals surface area contributed by atoms with E-state index in [-0.39, 0.29) is 0 Å². The van der Waals surface area contributed by atoms with Crippen molar-refractivity contribution in [1.29, 1.82) is 0 Å². The Bertz CT molecular complexity index is 604. The predicted molar refractivity (Wildman–Crippen MR) is 90.6 cm³/mol. The van der Waals surface area contributed by atoms with Crippen LogP contribution in [0.2, 0.25) is 5.02 Å². The summed E-state index contributed by atoms with van der Waals surface area (Å²) < 4.78 is 5.11. The molecule has 0 aromatic heterocycles. The first kappa shape index (κ1) is 15.4. The average Bonchev–Trinajstić information content (AvgIpc) is 2.52. The van der Waals surface area contributed by atoms with Crippen LogP contribution in [-0.2, 0) is 6.54 Å². The van der Waals surface area contributed by atoms with Gasteiger partial charge in [0.2, 0.25) is 0 Å². The number of thiocarbonyl (C=S) groups is 1. The van der Waals surface area contributed by atoms with Crippen LogP contribution in [0.15, 0.2) is 48.5 Å². The Morgan fingerprint density at radius 1 is 1.14 bits per heavy atom. The van der Waals surface area contributed by atoms with Gasteiger partial charge < -0.3 is 10.1 Å². The van der Waals surface area contributed by atoms with Gasteiger partial charge in [-0.2, -0.15) is 0 Å². The van der Waals surface area contributed by atoms with E-state index in [9.17, 15) is 0 Å². The van der Waals surface area contributed by atoms with Crippen LogP contribution in [0.25, 0.3) is 0 Å². The molecule has 2 aromatic carbocycles. The zero-order valence-corrected chi connectivity index (χ0v) is 13.1. The molecule has 21 heavy (non-hydrogen) atoms. The summed E-state index contributed by atoms with van der Waals surface area (Å²) in [6, 6.07) is 15.2. The van der Waals surface area contributed by atoms with Crippen molar-refractivity contribution in [2.24, 2.45) is 0 Å². The van der Waals surface area contributed by atoms with Crippen LogP contribution in [0.3, 0.4) is 0 Å². The van der Waals surface area contributed by atoms with E-state index in [2.05, 4.69) is 16.2 Å². The third-order valence-electron chi connectivity index (χ3n) is 2.80. The molecule has 0 radical (unpaired) electrons. The van der Waals surface area contributed by atoms with Crippen molar-refractivity contribution in [2.45, 2.75) is 6.54 Å². The highest BCUT2D eigenvalue weighted by Gasteiger charge is 2.00. The number of nitrogens with one attached hydrogen (secondary N) is 3. The van der Waals surface area contributed by atoms with Crippen molar-refractivity contribution in [1.82, 2.24) is 10.7 Å². The summed E-state index contributed by atoms with van der Waals surface area (Å²) in [7, 11) is 1.65. The molecule has 0 saturated heterocycles. The molecule has 110 valence electrons. The second kappa shape index (κ2) is 7.71. The van der Waals surface area contributed by atoms with Crippen LogP contribution in [-0.4, -0.2) is 12.2 Å². The van der Waals surface area contributed by atoms with E-state index in [4.69, 9.17) is 28.6 Å². The smallest absolute Gasteiger partial charge is 0.185 e. The minimum Gasteiger partial charge on any atom is -0.497 e. The standard InChI is InChI=1S/C15H16ClN3OS/c1-20-12-8-6-11(7-9-12)10-17-15(21)19-18-14-5-3-2-4-13(14)16/h2-9,18H,10H2,1H3,(H2,17,19,21). The topological polar surface area (TPSA) is 45.3 Å². The first-order chi connectivity index (χ1) is 10.2. The lowest BCUT2D eigenvalue weighted by Gasteiger charge is -2.13. The largest absolute Gasteiger partial charge is 0.497 e. The quantitative estimate of drug-likeness (QED) is 0.582. The van der Waals surface area contributed by atoms with E-state index >= 15 is 0 Å². The molecule has 0 aliphatic heterocycles. The SMILES string of the molecule is COc1ccc(CNC(=S)NNc2ccccc2Cl)cc1. The highest BCUT2D eigenvalue weighted by molar-refractivity contribution is 7.80. The number of benzene rings is 2. The number of rotatable bonds is 5. The molecule has 0 atom stereocenters. The zero-order chi connectivity index (χ0) is 15.1. The van der Waals surface area contributed by atoms with Gasteiger partial charge in [0.15, 0.2) is 5.11 Å². The van der Waals surface area contributed by atoms with Crippen molar-refractivity contribution in [3.05, 3.63) is 59.1 Å². The fraction of sp³-hybridized carbons (Fsp3) is 0.133. The minimum absolute atomic E-state index is 0.491. The molecule has 0 aliphatic carbocycles. The summed E-state index contributed by atoms with van der Waals surface area (Å²) in [6.07, 6.45) is 0. The highest BCUT2D eigenvalue weighted by Crippen LogP contribution is 2.19. The van der Waals surface area contributed by atoms with E-state index < -0.39 is 0 Å². The molecule has 0 heterocycles. The molecule has 4 nitrogen and oxygen atoms in total. The van der Waals surface area contributed by atoms with Crippen molar-refractivity contribution < 1.29 is 4.74 Å². The summed E-state index contributed by atoms with van der Waals surface area (Å²) in [6.45, 7) is 0.625. The van der Waals surface area contributed by atoms with Crippen LogP contribution >= 0.6 is 23.8 Å². The van der Waals surface area contributed by atoms with Crippen molar-refractivity contribution in [2.75, 3.05) is 12.5 Å². The third kappa shape index (κ3) is 4.81. The molecule has 2 rings (SSSR count). The van der Waals surface area contributed by atoms with Gasteiger partial charge >= 0.3 is 0 Å². The highest BCUT2D eigenvalue weighted by atomic mass is 35.5. The lowest BCUT2D eigenvalue weighted by molar-refractivity contribution is 0.414. The van der Waals surface area contributed by atoms with Gasteiger partial charge in [-0.05, 0) is 42.0 Å². The maximum atomic E-state index is 6.03. The van der Waals surface area contributed by atoms with Gasteiger partial charge in [-0.25, -0.2) is 0 Å². The van der Waals surface area contributed by atoms with Crippen molar-refractivity contribution in [3.63, 3.8) is 0 Å². The van der Waals surface area contributed by atoms with Gasteiger partial charge in [-0.3, -0.25) is 10.9 Å². The van der Waals surface area contributed by atoms with Crippen molar-refractivity contribution >= 4 is 34.6 Å². The second-order valence-corrected chi connectivity index (χ2v) is 5.08. The van der Waals surface area contributed by atoms with Gasteiger partial charge in [0.25, 0.3) is 0 Å². The van der Waals surface area contributed by atoms with Crippen molar-refractivity contribution in [3.8, 4) is 5.75 Å². The van der Waals surface area contributed by atoms with Crippen LogP contribution in [0.5, 0.6) is 5.75 Å². The monoisotopic (exact) mass is 321 g/mol. The normalized spacial score (nSPS) is 9.81. The Kier molecular flexibility index (Phi) is 5.66. The lowest BCUT2D eigenvalue weighted by atomic mass is 10.2. The number of ether oxygens (including phenoxy) is 1. The molecule has 6 heteroatoms. The Morgan fingerprint density at radius 3 is 2.52 bits per heavy atom. The Balaban J connectivity index is 1.78. The van der Waals surface area contributed by atoms with Crippen LogP contribution in [0, 0.1) is 0 Å². The van der Waals surface area contributed by atoms with E-state index in [1.165, 1.54) is 0 Å². The molecule has 0 amide bonds. The number of methoxy groups -OCH3 is 1. The van der Waals surface area contributed by atoms with Crippen LogP contribution in [0.1, 0.15) is 5.56 Å². The van der Waals surface area contributed by atoms with Crippen LogP contribution < -0.4 is 20.9 Å². The molecule has 0 fully saturated rings. The average molecular weight is 322 g/mol. The Hall–Kier alpha value is -1.98. The number of hydrazine groups is 1. The summed E-state index contributed by atoms with van der Waals surface area (Å²) in [5.74, 6) is 0.833. The van der Waals surface area contributed by atoms with Gasteiger partial charge in [0.05, 0.1) is 17.8 Å². The predicted octanol–water partition coefficient (Wildman–Crippen LogP) is 3.34. The van der Waals surface area contributed by atoms with E-state index in [0.717, 1.165) is 17.0 Å². The summed E-state index contributed by atoms with van der Waals surface area (Å²) in [5.41, 5.74) is 7.74. The molecule has 0 saturated carbocycles. The van der Waals surface area contributed by atoms with Gasteiger partial charge in [0, 0.05) is 6.54 Å². The van der Waals surface area contributed by atoms with E-state index in [0.29, 0.717) is 16.7 Å². The Labute approximate surface area is 134 Å². The maximum absolute atomic E-state index is 6.03. The lowest BCUT2D eigenvalue weighted by Crippen LogP contribution is -2.38. The fourth-order valence-electron chi connectivity index (χ4n) is 1.66. The molecule has 0 unspecified atom stereocenters. The molecular weight excluding hydrogens is 306 g/mol.